The van der Waals surface area contributed by atoms with Crippen molar-refractivity contribution < 1.29 is 8.42 Å². The zero-order valence-corrected chi connectivity index (χ0v) is 11.8. The fourth-order valence-corrected chi connectivity index (χ4v) is 3.65. The Hall–Kier alpha value is -0.920. The largest absolute Gasteiger partial charge is 0.399 e. The van der Waals surface area contributed by atoms with Crippen LogP contribution in [0, 0.1) is 0 Å². The Kier molecular flexibility index (Phi) is 3.74. The number of thioether (sulfide) groups is 1. The third-order valence-corrected chi connectivity index (χ3v) is 5.02. The molecule has 4 N–H and O–H groups in total. The van der Waals surface area contributed by atoms with Crippen LogP contribution < -0.4 is 15.8 Å². The van der Waals surface area contributed by atoms with Gasteiger partial charge in [0.05, 0.1) is 4.90 Å². The summed E-state index contributed by atoms with van der Waals surface area (Å²) in [4.78, 5) is 2.24. The van der Waals surface area contributed by atoms with Gasteiger partial charge in [0.25, 0.3) is 0 Å². The maximum absolute atomic E-state index is 11.4. The summed E-state index contributed by atoms with van der Waals surface area (Å²) in [6.07, 6.45) is 0. The van der Waals surface area contributed by atoms with Gasteiger partial charge in [0.15, 0.2) is 0 Å². The van der Waals surface area contributed by atoms with E-state index in [1.807, 2.05) is 11.8 Å². The molecule has 1 saturated heterocycles. The predicted octanol–water partition coefficient (Wildman–Crippen LogP) is 0.858. The number of nitrogens with zero attached hydrogens (tertiary/aromatic N) is 1. The molecule has 1 aromatic rings. The standard InChI is InChI=1S/C11H17N3O2S2/c1-8-7-17-3-2-14(8)10-4-9(12)5-11(6-10)18(13,15)16/h4-6,8H,2-3,7,12H2,1H3,(H2,13,15,16). The Morgan fingerprint density at radius 3 is 2.72 bits per heavy atom. The Balaban J connectivity index is 2.42. The van der Waals surface area contributed by atoms with Crippen LogP contribution in [0.4, 0.5) is 11.4 Å². The molecule has 0 bridgehead atoms. The van der Waals surface area contributed by atoms with Gasteiger partial charge in [-0.15, -0.1) is 0 Å². The summed E-state index contributed by atoms with van der Waals surface area (Å²) < 4.78 is 22.8. The summed E-state index contributed by atoms with van der Waals surface area (Å²) in [5, 5.41) is 5.15. The third-order valence-electron chi connectivity index (χ3n) is 2.94. The summed E-state index contributed by atoms with van der Waals surface area (Å²) in [6.45, 7) is 3.01. The second-order valence-corrected chi connectivity index (χ2v) is 7.13. The molecule has 0 radical (unpaired) electrons. The van der Waals surface area contributed by atoms with Gasteiger partial charge in [-0.3, -0.25) is 0 Å². The zero-order valence-electron chi connectivity index (χ0n) is 10.2. The van der Waals surface area contributed by atoms with Crippen LogP contribution in [0.15, 0.2) is 23.1 Å². The minimum atomic E-state index is -3.72. The fraction of sp³-hybridized carbons (Fsp3) is 0.455. The smallest absolute Gasteiger partial charge is 0.238 e. The lowest BCUT2D eigenvalue weighted by Crippen LogP contribution is -2.40. The molecule has 18 heavy (non-hydrogen) atoms. The van der Waals surface area contributed by atoms with Crippen molar-refractivity contribution in [1.82, 2.24) is 0 Å². The van der Waals surface area contributed by atoms with E-state index in [1.54, 1.807) is 12.1 Å². The van der Waals surface area contributed by atoms with Gasteiger partial charge in [-0.2, -0.15) is 11.8 Å². The average molecular weight is 287 g/mol. The number of sulfonamides is 1. The Labute approximate surface area is 112 Å². The number of nitrogen functional groups attached to an aromatic ring is 1. The van der Waals surface area contributed by atoms with E-state index in [1.165, 1.54) is 6.07 Å². The third kappa shape index (κ3) is 2.90. The topological polar surface area (TPSA) is 89.4 Å². The molecular formula is C11H17N3O2S2. The Morgan fingerprint density at radius 2 is 2.11 bits per heavy atom. The molecule has 1 atom stereocenters. The van der Waals surface area contributed by atoms with E-state index in [0.29, 0.717) is 11.7 Å². The highest BCUT2D eigenvalue weighted by Crippen LogP contribution is 2.28. The van der Waals surface area contributed by atoms with Gasteiger partial charge in [0.2, 0.25) is 10.0 Å². The zero-order chi connectivity index (χ0) is 13.3. The highest BCUT2D eigenvalue weighted by Gasteiger charge is 2.21. The van der Waals surface area contributed by atoms with Crippen LogP contribution in [0.5, 0.6) is 0 Å². The monoisotopic (exact) mass is 287 g/mol. The molecular weight excluding hydrogens is 270 g/mol. The summed E-state index contributed by atoms with van der Waals surface area (Å²) in [6, 6.07) is 5.14. The maximum atomic E-state index is 11.4. The molecule has 0 saturated carbocycles. The molecule has 100 valence electrons. The molecule has 0 spiro atoms. The number of primary sulfonamides is 1. The Bertz CT molecular complexity index is 545. The van der Waals surface area contributed by atoms with Gasteiger partial charge in [0, 0.05) is 35.5 Å². The maximum Gasteiger partial charge on any atom is 0.238 e. The first kappa shape index (κ1) is 13.5. The first-order chi connectivity index (χ1) is 8.38. The van der Waals surface area contributed by atoms with Crippen LogP contribution in [0.2, 0.25) is 0 Å². The molecule has 1 unspecified atom stereocenters. The highest BCUT2D eigenvalue weighted by molar-refractivity contribution is 7.99. The molecule has 1 fully saturated rings. The summed E-state index contributed by atoms with van der Waals surface area (Å²) >= 11 is 1.90. The van der Waals surface area contributed by atoms with Crippen LogP contribution in [-0.2, 0) is 10.0 Å². The molecule has 0 amide bonds. The van der Waals surface area contributed by atoms with E-state index in [2.05, 4.69) is 11.8 Å². The van der Waals surface area contributed by atoms with Crippen LogP contribution in [0.3, 0.4) is 0 Å². The highest BCUT2D eigenvalue weighted by atomic mass is 32.2. The SMILES string of the molecule is CC1CSCCN1c1cc(N)cc(S(N)(=O)=O)c1. The minimum absolute atomic E-state index is 0.0722. The fourth-order valence-electron chi connectivity index (χ4n) is 2.05. The van der Waals surface area contributed by atoms with Crippen molar-refractivity contribution in [1.29, 1.82) is 0 Å². The minimum Gasteiger partial charge on any atom is -0.399 e. The number of rotatable bonds is 2. The first-order valence-electron chi connectivity index (χ1n) is 5.65. The molecule has 0 aliphatic carbocycles. The molecule has 1 aliphatic heterocycles. The lowest BCUT2D eigenvalue weighted by Gasteiger charge is -2.35. The van der Waals surface area contributed by atoms with Crippen LogP contribution in [0.1, 0.15) is 6.92 Å². The van der Waals surface area contributed by atoms with E-state index < -0.39 is 10.0 Å². The number of nitrogens with two attached hydrogens (primary N) is 2. The van der Waals surface area contributed by atoms with Gasteiger partial charge in [-0.1, -0.05) is 0 Å². The van der Waals surface area contributed by atoms with Crippen molar-refractivity contribution >= 4 is 33.2 Å². The molecule has 2 rings (SSSR count). The van der Waals surface area contributed by atoms with Crippen molar-refractivity contribution in [3.05, 3.63) is 18.2 Å². The second-order valence-electron chi connectivity index (χ2n) is 4.42. The van der Waals surface area contributed by atoms with Crippen molar-refractivity contribution in [3.8, 4) is 0 Å². The van der Waals surface area contributed by atoms with Crippen molar-refractivity contribution in [2.45, 2.75) is 17.9 Å². The lowest BCUT2D eigenvalue weighted by atomic mass is 10.2. The predicted molar refractivity (Wildman–Crippen MR) is 76.4 cm³/mol. The van der Waals surface area contributed by atoms with E-state index in [4.69, 9.17) is 10.9 Å². The van der Waals surface area contributed by atoms with E-state index in [0.717, 1.165) is 23.7 Å². The molecule has 7 heteroatoms. The van der Waals surface area contributed by atoms with E-state index >= 15 is 0 Å². The summed E-state index contributed by atoms with van der Waals surface area (Å²) in [5.74, 6) is 2.06. The van der Waals surface area contributed by atoms with Crippen molar-refractivity contribution in [2.75, 3.05) is 28.7 Å². The van der Waals surface area contributed by atoms with Gasteiger partial charge < -0.3 is 10.6 Å². The first-order valence-corrected chi connectivity index (χ1v) is 8.36. The quantitative estimate of drug-likeness (QED) is 0.787. The molecule has 1 aliphatic rings. The van der Waals surface area contributed by atoms with Crippen molar-refractivity contribution in [2.24, 2.45) is 5.14 Å². The number of hydrogen-bond acceptors (Lipinski definition) is 5. The Morgan fingerprint density at radius 1 is 1.39 bits per heavy atom. The van der Waals surface area contributed by atoms with Crippen LogP contribution in [0.25, 0.3) is 0 Å². The van der Waals surface area contributed by atoms with E-state index in [-0.39, 0.29) is 4.90 Å². The number of benzene rings is 1. The number of anilines is 2. The average Bonchev–Trinajstić information content (AvgIpc) is 2.27. The molecule has 1 aromatic carbocycles. The summed E-state index contributed by atoms with van der Waals surface area (Å²) in [5.41, 5.74) is 7.00. The lowest BCUT2D eigenvalue weighted by molar-refractivity contribution is 0.597. The normalized spacial score (nSPS) is 21.0. The van der Waals surface area contributed by atoms with Crippen molar-refractivity contribution in [3.63, 3.8) is 0 Å². The van der Waals surface area contributed by atoms with Crippen LogP contribution >= 0.6 is 11.8 Å². The molecule has 5 nitrogen and oxygen atoms in total. The van der Waals surface area contributed by atoms with E-state index in [9.17, 15) is 8.42 Å². The van der Waals surface area contributed by atoms with Crippen LogP contribution in [-0.4, -0.2) is 32.5 Å². The number of hydrogen-bond donors (Lipinski definition) is 2. The second kappa shape index (κ2) is 4.99. The summed E-state index contributed by atoms with van der Waals surface area (Å²) in [7, 11) is -3.72. The molecule has 0 aromatic heterocycles. The van der Waals surface area contributed by atoms with Gasteiger partial charge in [0.1, 0.15) is 0 Å². The van der Waals surface area contributed by atoms with Gasteiger partial charge >= 0.3 is 0 Å². The van der Waals surface area contributed by atoms with Gasteiger partial charge in [-0.25, -0.2) is 13.6 Å². The van der Waals surface area contributed by atoms with Gasteiger partial charge in [-0.05, 0) is 25.1 Å². The molecule has 1 heterocycles.